The monoisotopic (exact) mass is 385 g/mol. The Labute approximate surface area is 162 Å². The molecule has 0 unspecified atom stereocenters. The highest BCUT2D eigenvalue weighted by Crippen LogP contribution is 2.28. The molecule has 27 heavy (non-hydrogen) atoms. The Morgan fingerprint density at radius 3 is 2.74 bits per heavy atom. The fraction of sp³-hybridized carbons (Fsp3) is 0.350. The number of ether oxygens (including phenoxy) is 1. The van der Waals surface area contributed by atoms with Crippen molar-refractivity contribution in [1.29, 1.82) is 0 Å². The molecule has 0 atom stereocenters. The Morgan fingerprint density at radius 2 is 2.04 bits per heavy atom. The summed E-state index contributed by atoms with van der Waals surface area (Å²) in [6.45, 7) is 5.75. The SMILES string of the molecule is CCOCCn1cnc2sc(C(=O)N(C)Cc3ccccc3)c(C)c2c1=O. The smallest absolute Gasteiger partial charge is 0.264 e. The summed E-state index contributed by atoms with van der Waals surface area (Å²) in [7, 11) is 1.77. The van der Waals surface area contributed by atoms with Crippen molar-refractivity contribution in [2.24, 2.45) is 0 Å². The Morgan fingerprint density at radius 1 is 1.30 bits per heavy atom. The van der Waals surface area contributed by atoms with Gasteiger partial charge in [-0.3, -0.25) is 14.2 Å². The molecule has 0 saturated heterocycles. The quantitative estimate of drug-likeness (QED) is 0.587. The molecule has 3 aromatic rings. The molecule has 0 aliphatic heterocycles. The lowest BCUT2D eigenvalue weighted by Crippen LogP contribution is -2.26. The van der Waals surface area contributed by atoms with Gasteiger partial charge in [0, 0.05) is 20.2 Å². The Hall–Kier alpha value is -2.51. The van der Waals surface area contributed by atoms with Crippen LogP contribution in [0.25, 0.3) is 10.2 Å². The van der Waals surface area contributed by atoms with Crippen LogP contribution in [0.2, 0.25) is 0 Å². The molecule has 0 radical (unpaired) electrons. The van der Waals surface area contributed by atoms with Crippen LogP contribution in [-0.2, 0) is 17.8 Å². The van der Waals surface area contributed by atoms with Crippen LogP contribution in [-0.4, -0.2) is 40.6 Å². The van der Waals surface area contributed by atoms with Gasteiger partial charge < -0.3 is 9.64 Å². The molecule has 2 aromatic heterocycles. The molecule has 0 bridgehead atoms. The van der Waals surface area contributed by atoms with Gasteiger partial charge in [-0.2, -0.15) is 0 Å². The lowest BCUT2D eigenvalue weighted by Gasteiger charge is -2.16. The molecule has 0 N–H and O–H groups in total. The highest BCUT2D eigenvalue weighted by molar-refractivity contribution is 7.20. The summed E-state index contributed by atoms with van der Waals surface area (Å²) in [6.07, 6.45) is 1.53. The number of rotatable bonds is 7. The zero-order chi connectivity index (χ0) is 19.4. The van der Waals surface area contributed by atoms with E-state index in [0.29, 0.717) is 47.0 Å². The van der Waals surface area contributed by atoms with E-state index in [1.807, 2.05) is 44.2 Å². The van der Waals surface area contributed by atoms with Crippen molar-refractivity contribution in [3.05, 3.63) is 63.0 Å². The summed E-state index contributed by atoms with van der Waals surface area (Å²) in [4.78, 5) is 32.9. The number of hydrogen-bond donors (Lipinski definition) is 0. The van der Waals surface area contributed by atoms with Crippen molar-refractivity contribution in [2.45, 2.75) is 26.9 Å². The maximum atomic E-state index is 12.9. The minimum absolute atomic E-state index is 0.0976. The number of carbonyl (C=O) groups excluding carboxylic acids is 1. The number of benzene rings is 1. The van der Waals surface area contributed by atoms with Crippen LogP contribution in [0.1, 0.15) is 27.7 Å². The van der Waals surface area contributed by atoms with E-state index >= 15 is 0 Å². The van der Waals surface area contributed by atoms with Crippen LogP contribution in [0.3, 0.4) is 0 Å². The van der Waals surface area contributed by atoms with Gasteiger partial charge in [-0.15, -0.1) is 11.3 Å². The van der Waals surface area contributed by atoms with E-state index in [4.69, 9.17) is 4.74 Å². The second kappa shape index (κ2) is 8.45. The van der Waals surface area contributed by atoms with Gasteiger partial charge in [-0.25, -0.2) is 4.98 Å². The molecular formula is C20H23N3O3S. The van der Waals surface area contributed by atoms with Crippen LogP contribution in [0, 0.1) is 6.92 Å². The van der Waals surface area contributed by atoms with Crippen LogP contribution in [0.15, 0.2) is 41.5 Å². The van der Waals surface area contributed by atoms with E-state index < -0.39 is 0 Å². The first-order valence-corrected chi connectivity index (χ1v) is 9.70. The molecule has 1 amide bonds. The summed E-state index contributed by atoms with van der Waals surface area (Å²) < 4.78 is 6.86. The van der Waals surface area contributed by atoms with Gasteiger partial charge in [0.1, 0.15) is 4.83 Å². The predicted octanol–water partition coefficient (Wildman–Crippen LogP) is 3.08. The molecule has 0 spiro atoms. The van der Waals surface area contributed by atoms with E-state index in [-0.39, 0.29) is 11.5 Å². The molecule has 1 aromatic carbocycles. The molecule has 3 rings (SSSR count). The molecule has 6 nitrogen and oxygen atoms in total. The van der Waals surface area contributed by atoms with Crippen LogP contribution in [0.4, 0.5) is 0 Å². The molecule has 142 valence electrons. The minimum Gasteiger partial charge on any atom is -0.380 e. The molecule has 0 aliphatic carbocycles. The Kier molecular flexibility index (Phi) is 6.03. The highest BCUT2D eigenvalue weighted by Gasteiger charge is 2.22. The number of hydrogen-bond acceptors (Lipinski definition) is 5. The van der Waals surface area contributed by atoms with E-state index in [0.717, 1.165) is 5.56 Å². The summed E-state index contributed by atoms with van der Waals surface area (Å²) >= 11 is 1.28. The van der Waals surface area contributed by atoms with Crippen molar-refractivity contribution in [1.82, 2.24) is 14.5 Å². The van der Waals surface area contributed by atoms with E-state index in [2.05, 4.69) is 4.98 Å². The van der Waals surface area contributed by atoms with Gasteiger partial charge in [0.2, 0.25) is 0 Å². The van der Waals surface area contributed by atoms with Gasteiger partial charge in [0.25, 0.3) is 11.5 Å². The fourth-order valence-electron chi connectivity index (χ4n) is 2.93. The third-order valence-corrected chi connectivity index (χ3v) is 5.59. The second-order valence-corrected chi connectivity index (χ2v) is 7.32. The average Bonchev–Trinajstić information content (AvgIpc) is 3.01. The standard InChI is InChI=1S/C20H23N3O3S/c1-4-26-11-10-23-13-21-18-16(19(23)24)14(2)17(27-18)20(25)22(3)12-15-8-6-5-7-9-15/h5-9,13H,4,10-12H2,1-3H3. The average molecular weight is 385 g/mol. The number of carbonyl (C=O) groups is 1. The van der Waals surface area contributed by atoms with Crippen LogP contribution in [0.5, 0.6) is 0 Å². The van der Waals surface area contributed by atoms with Gasteiger partial charge in [0.15, 0.2) is 0 Å². The molecule has 0 saturated carbocycles. The number of fused-ring (bicyclic) bond motifs is 1. The Bertz CT molecular complexity index is 995. The summed E-state index contributed by atoms with van der Waals surface area (Å²) in [5.74, 6) is -0.0976. The zero-order valence-corrected chi connectivity index (χ0v) is 16.6. The van der Waals surface area contributed by atoms with Crippen LogP contribution >= 0.6 is 11.3 Å². The predicted molar refractivity (Wildman–Crippen MR) is 107 cm³/mol. The molecule has 0 fully saturated rings. The Balaban J connectivity index is 1.88. The third-order valence-electron chi connectivity index (χ3n) is 4.40. The summed E-state index contributed by atoms with van der Waals surface area (Å²) in [6, 6.07) is 9.82. The van der Waals surface area contributed by atoms with Crippen molar-refractivity contribution < 1.29 is 9.53 Å². The lowest BCUT2D eigenvalue weighted by atomic mass is 10.2. The summed E-state index contributed by atoms with van der Waals surface area (Å²) in [5, 5.41) is 0.524. The molecule has 0 aliphatic rings. The van der Waals surface area contributed by atoms with Crippen molar-refractivity contribution in [3.8, 4) is 0 Å². The third kappa shape index (κ3) is 4.09. The maximum absolute atomic E-state index is 12.9. The van der Waals surface area contributed by atoms with E-state index in [1.165, 1.54) is 17.7 Å². The van der Waals surface area contributed by atoms with E-state index in [9.17, 15) is 9.59 Å². The largest absolute Gasteiger partial charge is 0.380 e. The van der Waals surface area contributed by atoms with Gasteiger partial charge in [-0.1, -0.05) is 30.3 Å². The van der Waals surface area contributed by atoms with Gasteiger partial charge in [0.05, 0.1) is 29.7 Å². The first-order valence-electron chi connectivity index (χ1n) is 8.88. The van der Waals surface area contributed by atoms with E-state index in [1.54, 1.807) is 16.5 Å². The number of nitrogens with zero attached hydrogens (tertiary/aromatic N) is 3. The van der Waals surface area contributed by atoms with Crippen LogP contribution < -0.4 is 5.56 Å². The maximum Gasteiger partial charge on any atom is 0.264 e. The zero-order valence-electron chi connectivity index (χ0n) is 15.8. The number of thiophene rings is 1. The van der Waals surface area contributed by atoms with Crippen molar-refractivity contribution in [2.75, 3.05) is 20.3 Å². The normalized spacial score (nSPS) is 11.1. The number of amides is 1. The highest BCUT2D eigenvalue weighted by atomic mass is 32.1. The second-order valence-electron chi connectivity index (χ2n) is 6.32. The topological polar surface area (TPSA) is 64.4 Å². The number of aryl methyl sites for hydroxylation is 1. The van der Waals surface area contributed by atoms with Gasteiger partial charge >= 0.3 is 0 Å². The first kappa shape index (κ1) is 19.3. The van der Waals surface area contributed by atoms with Gasteiger partial charge in [-0.05, 0) is 25.0 Å². The van der Waals surface area contributed by atoms with Crippen molar-refractivity contribution in [3.63, 3.8) is 0 Å². The molecular weight excluding hydrogens is 362 g/mol. The first-order chi connectivity index (χ1) is 13.0. The lowest BCUT2D eigenvalue weighted by molar-refractivity contribution is 0.0789. The fourth-order valence-corrected chi connectivity index (χ4v) is 4.07. The minimum atomic E-state index is -0.127. The molecule has 7 heteroatoms. The number of aromatic nitrogens is 2. The summed E-state index contributed by atoms with van der Waals surface area (Å²) in [5.41, 5.74) is 1.63. The van der Waals surface area contributed by atoms with Crippen molar-refractivity contribution >= 4 is 27.5 Å². The molecule has 2 heterocycles.